The van der Waals surface area contributed by atoms with Crippen LogP contribution < -0.4 is 16.0 Å². The Morgan fingerprint density at radius 1 is 1.14 bits per heavy atom. The Morgan fingerprint density at radius 3 is 2.50 bits per heavy atom. The molecule has 1 spiro atoms. The number of halogens is 1. The van der Waals surface area contributed by atoms with E-state index in [1.54, 1.807) is 30.3 Å². The molecule has 2 aliphatic rings. The van der Waals surface area contributed by atoms with Crippen molar-refractivity contribution in [3.8, 4) is 11.8 Å². The van der Waals surface area contributed by atoms with Gasteiger partial charge < -0.3 is 20.9 Å². The molecule has 2 aromatic carbocycles. The van der Waals surface area contributed by atoms with Crippen molar-refractivity contribution in [3.63, 3.8) is 0 Å². The van der Waals surface area contributed by atoms with Crippen LogP contribution in [0.15, 0.2) is 42.5 Å². The Hall–Kier alpha value is -4.38. The maximum absolute atomic E-state index is 13.3. The molecule has 36 heavy (non-hydrogen) atoms. The van der Waals surface area contributed by atoms with Gasteiger partial charge in [-0.25, -0.2) is 4.39 Å². The van der Waals surface area contributed by atoms with E-state index in [4.69, 9.17) is 0 Å². The van der Waals surface area contributed by atoms with Crippen LogP contribution in [0.2, 0.25) is 0 Å². The van der Waals surface area contributed by atoms with Gasteiger partial charge >= 0.3 is 0 Å². The van der Waals surface area contributed by atoms with Crippen LogP contribution in [0.1, 0.15) is 64.2 Å². The van der Waals surface area contributed by atoms with Crippen molar-refractivity contribution in [3.05, 3.63) is 81.9 Å². The first-order chi connectivity index (χ1) is 17.1. The van der Waals surface area contributed by atoms with E-state index in [9.17, 15) is 18.8 Å². The highest BCUT2D eigenvalue weighted by Gasteiger charge is 2.56. The number of H-pyrrole nitrogens is 1. The van der Waals surface area contributed by atoms with Gasteiger partial charge in [-0.3, -0.25) is 14.4 Å². The largest absolute Gasteiger partial charge is 0.359 e. The molecule has 0 bridgehead atoms. The number of nitrogens with one attached hydrogen (secondary N) is 4. The van der Waals surface area contributed by atoms with Gasteiger partial charge in [0, 0.05) is 35.1 Å². The third-order valence-electron chi connectivity index (χ3n) is 6.94. The summed E-state index contributed by atoms with van der Waals surface area (Å²) in [6.45, 7) is 7.00. The van der Waals surface area contributed by atoms with Crippen molar-refractivity contribution in [1.82, 2.24) is 10.3 Å². The quantitative estimate of drug-likeness (QED) is 0.408. The zero-order valence-electron chi connectivity index (χ0n) is 20.3. The van der Waals surface area contributed by atoms with Crippen LogP contribution in [0.5, 0.6) is 0 Å². The molecule has 1 aliphatic heterocycles. The zero-order valence-corrected chi connectivity index (χ0v) is 20.3. The van der Waals surface area contributed by atoms with Crippen LogP contribution in [0, 0.1) is 31.5 Å². The van der Waals surface area contributed by atoms with Crippen LogP contribution in [0.25, 0.3) is 0 Å². The Labute approximate surface area is 207 Å². The number of aromatic amines is 1. The fourth-order valence-corrected chi connectivity index (χ4v) is 4.99. The predicted molar refractivity (Wildman–Crippen MR) is 134 cm³/mol. The van der Waals surface area contributed by atoms with Crippen LogP contribution in [-0.4, -0.2) is 22.7 Å². The van der Waals surface area contributed by atoms with E-state index in [1.807, 2.05) is 20.8 Å². The van der Waals surface area contributed by atoms with E-state index in [0.717, 1.165) is 22.5 Å². The molecule has 8 heteroatoms. The van der Waals surface area contributed by atoms with E-state index < -0.39 is 11.3 Å². The van der Waals surface area contributed by atoms with E-state index in [2.05, 4.69) is 32.8 Å². The number of amides is 3. The Kier molecular flexibility index (Phi) is 5.44. The summed E-state index contributed by atoms with van der Waals surface area (Å²) in [7, 11) is 0. The normalized spacial score (nSPS) is 20.0. The lowest BCUT2D eigenvalue weighted by Crippen LogP contribution is -2.44. The lowest BCUT2D eigenvalue weighted by molar-refractivity contribution is -0.119. The summed E-state index contributed by atoms with van der Waals surface area (Å²) in [5.41, 5.74) is 4.34. The molecule has 0 radical (unpaired) electrons. The van der Waals surface area contributed by atoms with Gasteiger partial charge in [-0.1, -0.05) is 24.0 Å². The molecular weight excluding hydrogens is 459 g/mol. The summed E-state index contributed by atoms with van der Waals surface area (Å²) in [6.07, 6.45) is 0. The molecule has 5 rings (SSSR count). The van der Waals surface area contributed by atoms with E-state index in [0.29, 0.717) is 22.5 Å². The van der Waals surface area contributed by atoms with Gasteiger partial charge in [0.1, 0.15) is 5.82 Å². The minimum Gasteiger partial charge on any atom is -0.359 e. The summed E-state index contributed by atoms with van der Waals surface area (Å²) in [6, 6.07) is 10.7. The maximum Gasteiger partial charge on any atom is 0.251 e. The highest BCUT2D eigenvalue weighted by Crippen LogP contribution is 2.52. The van der Waals surface area contributed by atoms with Gasteiger partial charge in [0.25, 0.3) is 5.91 Å². The Balaban J connectivity index is 1.46. The van der Waals surface area contributed by atoms with Gasteiger partial charge in [-0.05, 0) is 62.2 Å². The summed E-state index contributed by atoms with van der Waals surface area (Å²) in [4.78, 5) is 41.3. The first kappa shape index (κ1) is 23.4. The number of anilines is 2. The number of benzene rings is 2. The smallest absolute Gasteiger partial charge is 0.251 e. The molecule has 7 nitrogen and oxygen atoms in total. The number of aromatic nitrogens is 1. The van der Waals surface area contributed by atoms with Gasteiger partial charge in [0.2, 0.25) is 11.8 Å². The number of aryl methyl sites for hydroxylation is 1. The fourth-order valence-electron chi connectivity index (χ4n) is 4.99. The summed E-state index contributed by atoms with van der Waals surface area (Å²) >= 11 is 0. The molecule has 0 saturated heterocycles. The van der Waals surface area contributed by atoms with Crippen LogP contribution in [0.4, 0.5) is 15.8 Å². The van der Waals surface area contributed by atoms with Gasteiger partial charge in [0.15, 0.2) is 5.41 Å². The molecule has 3 atom stereocenters. The summed E-state index contributed by atoms with van der Waals surface area (Å²) in [5, 5.41) is 8.68. The third-order valence-corrected chi connectivity index (χ3v) is 6.94. The predicted octanol–water partition coefficient (Wildman–Crippen LogP) is 4.21. The SMILES string of the molecule is CC(=O)Nc1c(C)[nH]c(C2C#CC23C(=O)Nc2ccc(C(=O)NC(C)c4ccc(F)cc4)cc23)c1C. The summed E-state index contributed by atoms with van der Waals surface area (Å²) in [5.74, 6) is 4.65. The zero-order chi connectivity index (χ0) is 25.8. The highest BCUT2D eigenvalue weighted by molar-refractivity contribution is 6.12. The number of fused-ring (bicyclic) bond motifs is 2. The maximum atomic E-state index is 13.3. The number of hydrogen-bond acceptors (Lipinski definition) is 3. The molecule has 0 fully saturated rings. The molecule has 1 aromatic heterocycles. The lowest BCUT2D eigenvalue weighted by atomic mass is 9.64. The molecule has 1 aliphatic carbocycles. The lowest BCUT2D eigenvalue weighted by Gasteiger charge is -2.34. The number of carbonyl (C=O) groups is 3. The van der Waals surface area contributed by atoms with E-state index in [1.165, 1.54) is 19.1 Å². The first-order valence-electron chi connectivity index (χ1n) is 11.6. The Morgan fingerprint density at radius 2 is 1.86 bits per heavy atom. The van der Waals surface area contributed by atoms with E-state index >= 15 is 0 Å². The molecular formula is C28H25FN4O3. The first-order valence-corrected chi connectivity index (χ1v) is 11.6. The van der Waals surface area contributed by atoms with Gasteiger partial charge in [0.05, 0.1) is 17.6 Å². The van der Waals surface area contributed by atoms with Crippen LogP contribution in [0.3, 0.4) is 0 Å². The monoisotopic (exact) mass is 484 g/mol. The van der Waals surface area contributed by atoms with Crippen molar-refractivity contribution in [2.75, 3.05) is 10.6 Å². The van der Waals surface area contributed by atoms with Gasteiger partial charge in [-0.15, -0.1) is 0 Å². The molecule has 3 aromatic rings. The molecule has 2 heterocycles. The molecule has 3 unspecified atom stereocenters. The van der Waals surface area contributed by atoms with Crippen molar-refractivity contribution in [1.29, 1.82) is 0 Å². The second-order valence-corrected chi connectivity index (χ2v) is 9.32. The molecule has 3 amide bonds. The molecule has 4 N–H and O–H groups in total. The second kappa shape index (κ2) is 8.38. The second-order valence-electron chi connectivity index (χ2n) is 9.32. The molecule has 182 valence electrons. The van der Waals surface area contributed by atoms with E-state index in [-0.39, 0.29) is 29.6 Å². The third kappa shape index (κ3) is 3.55. The number of rotatable bonds is 5. The van der Waals surface area contributed by atoms with Crippen LogP contribution in [-0.2, 0) is 15.0 Å². The van der Waals surface area contributed by atoms with Crippen molar-refractivity contribution < 1.29 is 18.8 Å². The van der Waals surface area contributed by atoms with Crippen molar-refractivity contribution in [2.45, 2.75) is 45.1 Å². The minimum atomic E-state index is -1.14. The standard InChI is InChI=1S/C28H25FN4O3/c1-14-24(32-17(4)34)16(3)30-25(14)21-11-12-28(21)22-13-19(7-10-23(22)33-27(28)36)26(35)31-15(2)18-5-8-20(29)9-6-18/h5-10,13,15,21,30H,1-4H3,(H,31,35)(H,32,34)(H,33,36). The Bertz CT molecular complexity index is 1500. The summed E-state index contributed by atoms with van der Waals surface area (Å²) < 4.78 is 13.3. The molecule has 0 saturated carbocycles. The average Bonchev–Trinajstić information content (AvgIpc) is 3.26. The number of carbonyl (C=O) groups excluding carboxylic acids is 3. The van der Waals surface area contributed by atoms with Crippen LogP contribution >= 0.6 is 0 Å². The number of hydrogen-bond donors (Lipinski definition) is 4. The average molecular weight is 485 g/mol. The van der Waals surface area contributed by atoms with Crippen molar-refractivity contribution in [2.24, 2.45) is 0 Å². The fraction of sp³-hybridized carbons (Fsp3) is 0.250. The van der Waals surface area contributed by atoms with Crippen molar-refractivity contribution >= 4 is 29.1 Å². The topological polar surface area (TPSA) is 103 Å². The highest BCUT2D eigenvalue weighted by atomic mass is 19.1. The minimum absolute atomic E-state index is 0.185. The van der Waals surface area contributed by atoms with Gasteiger partial charge in [-0.2, -0.15) is 0 Å².